The van der Waals surface area contributed by atoms with Crippen molar-refractivity contribution in [1.29, 1.82) is 0 Å². The van der Waals surface area contributed by atoms with Crippen LogP contribution in [0.15, 0.2) is 53.4 Å². The summed E-state index contributed by atoms with van der Waals surface area (Å²) in [6, 6.07) is 14.1. The standard InChI is InChI=1S/C23H30N2O5S/c1-16-13-25(17(2)15-26)31(28,29)23-11-10-20(19-8-6-5-7-9-19)12-21(23)30-22(16)14-24(4)18(3)27/h5-12,16-17,22,26H,13-15H2,1-4H3/t16-,17-,22+/m1/s1. The Morgan fingerprint density at radius 1 is 1.23 bits per heavy atom. The molecule has 0 saturated heterocycles. The molecule has 1 aliphatic heterocycles. The van der Waals surface area contributed by atoms with Crippen LogP contribution in [0.3, 0.4) is 0 Å². The molecule has 0 bridgehead atoms. The number of hydrogen-bond acceptors (Lipinski definition) is 5. The van der Waals surface area contributed by atoms with Crippen molar-refractivity contribution >= 4 is 15.9 Å². The highest BCUT2D eigenvalue weighted by atomic mass is 32.2. The van der Waals surface area contributed by atoms with E-state index in [-0.39, 0.29) is 35.6 Å². The Labute approximate surface area is 184 Å². The smallest absolute Gasteiger partial charge is 0.247 e. The molecule has 8 heteroatoms. The lowest BCUT2D eigenvalue weighted by molar-refractivity contribution is -0.129. The van der Waals surface area contributed by atoms with E-state index in [4.69, 9.17) is 4.74 Å². The fraction of sp³-hybridized carbons (Fsp3) is 0.435. The van der Waals surface area contributed by atoms with Crippen LogP contribution in [-0.2, 0) is 14.8 Å². The number of aliphatic hydroxyl groups is 1. The Bertz CT molecular complexity index is 1030. The van der Waals surface area contributed by atoms with E-state index >= 15 is 0 Å². The number of benzene rings is 2. The van der Waals surface area contributed by atoms with Crippen molar-refractivity contribution in [3.63, 3.8) is 0 Å². The zero-order valence-electron chi connectivity index (χ0n) is 18.4. The lowest BCUT2D eigenvalue weighted by atomic mass is 10.0. The van der Waals surface area contributed by atoms with E-state index in [1.54, 1.807) is 37.1 Å². The van der Waals surface area contributed by atoms with Crippen molar-refractivity contribution < 1.29 is 23.1 Å². The third-order valence-corrected chi connectivity index (χ3v) is 7.79. The molecule has 1 heterocycles. The van der Waals surface area contributed by atoms with E-state index in [9.17, 15) is 18.3 Å². The van der Waals surface area contributed by atoms with Crippen molar-refractivity contribution in [3.05, 3.63) is 48.5 Å². The number of rotatable bonds is 5. The summed E-state index contributed by atoms with van der Waals surface area (Å²) in [5.41, 5.74) is 1.78. The average molecular weight is 447 g/mol. The Morgan fingerprint density at radius 3 is 2.52 bits per heavy atom. The van der Waals surface area contributed by atoms with Gasteiger partial charge >= 0.3 is 0 Å². The number of carbonyl (C=O) groups excluding carboxylic acids is 1. The third kappa shape index (κ3) is 4.92. The number of nitrogens with zero attached hydrogens (tertiary/aromatic N) is 2. The SMILES string of the molecule is CC(=O)N(C)C[C@@H]1Oc2cc(-c3ccccc3)ccc2S(=O)(=O)N([C@H](C)CO)C[C@H]1C. The molecule has 0 radical (unpaired) electrons. The van der Waals surface area contributed by atoms with Gasteiger partial charge in [0, 0.05) is 32.5 Å². The van der Waals surface area contributed by atoms with Gasteiger partial charge in [-0.05, 0) is 30.2 Å². The highest BCUT2D eigenvalue weighted by Crippen LogP contribution is 2.36. The molecule has 1 amide bonds. The van der Waals surface area contributed by atoms with E-state index in [0.29, 0.717) is 6.54 Å². The van der Waals surface area contributed by atoms with Gasteiger partial charge in [-0.3, -0.25) is 4.79 Å². The monoisotopic (exact) mass is 446 g/mol. The molecule has 31 heavy (non-hydrogen) atoms. The number of ether oxygens (including phenoxy) is 1. The number of sulfonamides is 1. The van der Waals surface area contributed by atoms with Crippen LogP contribution in [0, 0.1) is 5.92 Å². The van der Waals surface area contributed by atoms with Gasteiger partial charge in [0.25, 0.3) is 0 Å². The molecule has 0 spiro atoms. The molecular formula is C23H30N2O5S. The van der Waals surface area contributed by atoms with Crippen LogP contribution < -0.4 is 4.74 Å². The molecule has 0 aliphatic carbocycles. The van der Waals surface area contributed by atoms with Gasteiger partial charge in [-0.2, -0.15) is 4.31 Å². The first-order chi connectivity index (χ1) is 14.6. The molecule has 2 aromatic carbocycles. The maximum atomic E-state index is 13.5. The fourth-order valence-corrected chi connectivity index (χ4v) is 5.48. The molecule has 0 fully saturated rings. The van der Waals surface area contributed by atoms with Gasteiger partial charge in [0.2, 0.25) is 15.9 Å². The number of amides is 1. The summed E-state index contributed by atoms with van der Waals surface area (Å²) in [6.07, 6.45) is -0.414. The molecule has 7 nitrogen and oxygen atoms in total. The first-order valence-electron chi connectivity index (χ1n) is 10.4. The van der Waals surface area contributed by atoms with Gasteiger partial charge in [0.1, 0.15) is 16.7 Å². The van der Waals surface area contributed by atoms with Crippen LogP contribution in [0.4, 0.5) is 0 Å². The van der Waals surface area contributed by atoms with E-state index in [1.807, 2.05) is 37.3 Å². The topological polar surface area (TPSA) is 87.2 Å². The highest BCUT2D eigenvalue weighted by molar-refractivity contribution is 7.89. The fourth-order valence-electron chi connectivity index (χ4n) is 3.65. The van der Waals surface area contributed by atoms with Crippen molar-refractivity contribution in [2.75, 3.05) is 26.7 Å². The zero-order chi connectivity index (χ0) is 22.8. The van der Waals surface area contributed by atoms with Gasteiger partial charge in [-0.1, -0.05) is 43.3 Å². The summed E-state index contributed by atoms with van der Waals surface area (Å²) in [5, 5.41) is 9.70. The Hall–Kier alpha value is -2.42. The van der Waals surface area contributed by atoms with Crippen LogP contribution in [0.25, 0.3) is 11.1 Å². The summed E-state index contributed by atoms with van der Waals surface area (Å²) in [5.74, 6) is -0.0478. The summed E-state index contributed by atoms with van der Waals surface area (Å²) < 4.78 is 34.6. The van der Waals surface area contributed by atoms with Crippen LogP contribution in [0.1, 0.15) is 20.8 Å². The van der Waals surface area contributed by atoms with E-state index in [2.05, 4.69) is 0 Å². The number of aliphatic hydroxyl groups excluding tert-OH is 1. The summed E-state index contributed by atoms with van der Waals surface area (Å²) in [7, 11) is -2.19. The van der Waals surface area contributed by atoms with Gasteiger partial charge in [-0.25, -0.2) is 8.42 Å². The van der Waals surface area contributed by atoms with E-state index in [0.717, 1.165) is 11.1 Å². The minimum absolute atomic E-state index is 0.0647. The lowest BCUT2D eigenvalue weighted by Crippen LogP contribution is -2.50. The first kappa shape index (κ1) is 23.2. The van der Waals surface area contributed by atoms with Gasteiger partial charge in [0.15, 0.2) is 0 Å². The Kier molecular flexibility index (Phi) is 7.03. The Morgan fingerprint density at radius 2 is 1.90 bits per heavy atom. The molecule has 1 aliphatic rings. The summed E-state index contributed by atoms with van der Waals surface area (Å²) >= 11 is 0. The number of fused-ring (bicyclic) bond motifs is 1. The van der Waals surface area contributed by atoms with Crippen molar-refractivity contribution in [3.8, 4) is 16.9 Å². The molecule has 3 atom stereocenters. The normalized spacial score (nSPS) is 21.8. The molecule has 0 aromatic heterocycles. The molecule has 0 saturated carbocycles. The molecule has 1 N–H and O–H groups in total. The van der Waals surface area contributed by atoms with Crippen molar-refractivity contribution in [2.24, 2.45) is 5.92 Å². The van der Waals surface area contributed by atoms with Crippen molar-refractivity contribution in [1.82, 2.24) is 9.21 Å². The van der Waals surface area contributed by atoms with Gasteiger partial charge in [-0.15, -0.1) is 0 Å². The van der Waals surface area contributed by atoms with E-state index < -0.39 is 22.2 Å². The second kappa shape index (κ2) is 9.38. The van der Waals surface area contributed by atoms with Crippen LogP contribution in [-0.4, -0.2) is 67.5 Å². The third-order valence-electron chi connectivity index (χ3n) is 5.77. The predicted octanol–water partition coefficient (Wildman–Crippen LogP) is 2.60. The average Bonchev–Trinajstić information content (AvgIpc) is 2.75. The van der Waals surface area contributed by atoms with Crippen LogP contribution in [0.2, 0.25) is 0 Å². The molecule has 2 aromatic rings. The maximum Gasteiger partial charge on any atom is 0.247 e. The number of hydrogen-bond donors (Lipinski definition) is 1. The van der Waals surface area contributed by atoms with Crippen LogP contribution in [0.5, 0.6) is 5.75 Å². The lowest BCUT2D eigenvalue weighted by Gasteiger charge is -2.37. The minimum atomic E-state index is -3.89. The predicted molar refractivity (Wildman–Crippen MR) is 119 cm³/mol. The zero-order valence-corrected chi connectivity index (χ0v) is 19.2. The second-order valence-electron chi connectivity index (χ2n) is 8.17. The molecule has 0 unspecified atom stereocenters. The first-order valence-corrected chi connectivity index (χ1v) is 11.8. The highest BCUT2D eigenvalue weighted by Gasteiger charge is 2.38. The second-order valence-corrected chi connectivity index (χ2v) is 10.0. The largest absolute Gasteiger partial charge is 0.487 e. The number of carbonyl (C=O) groups is 1. The maximum absolute atomic E-state index is 13.5. The van der Waals surface area contributed by atoms with Crippen molar-refractivity contribution in [2.45, 2.75) is 37.8 Å². The molecule has 168 valence electrons. The quantitative estimate of drug-likeness (QED) is 0.763. The van der Waals surface area contributed by atoms with E-state index in [1.165, 1.54) is 11.2 Å². The molecular weight excluding hydrogens is 416 g/mol. The van der Waals surface area contributed by atoms with Gasteiger partial charge < -0.3 is 14.7 Å². The summed E-state index contributed by atoms with van der Waals surface area (Å²) in [4.78, 5) is 13.4. The van der Waals surface area contributed by atoms with Gasteiger partial charge in [0.05, 0.1) is 13.2 Å². The van der Waals surface area contributed by atoms with Crippen LogP contribution >= 0.6 is 0 Å². The minimum Gasteiger partial charge on any atom is -0.487 e. The summed E-state index contributed by atoms with van der Waals surface area (Å²) in [6.45, 7) is 5.29. The number of likely N-dealkylation sites (N-methyl/N-ethyl adjacent to an activating group) is 1. The molecule has 3 rings (SSSR count). The Balaban J connectivity index is 2.13.